The Balaban J connectivity index is 1.67. The van der Waals surface area contributed by atoms with E-state index in [0.717, 1.165) is 11.1 Å². The van der Waals surface area contributed by atoms with Gasteiger partial charge in [-0.05, 0) is 80.4 Å². The fraction of sp³-hybridized carbons (Fsp3) is 0.240. The first kappa shape index (κ1) is 24.9. The van der Waals surface area contributed by atoms with Gasteiger partial charge in [0.25, 0.3) is 15.9 Å². The first-order valence-corrected chi connectivity index (χ1v) is 12.0. The molecule has 3 aromatic carbocycles. The molecule has 1 atom stereocenters. The van der Waals surface area contributed by atoms with Crippen molar-refractivity contribution >= 4 is 27.3 Å². The molecule has 1 amide bonds. The summed E-state index contributed by atoms with van der Waals surface area (Å²) in [4.78, 5) is 12.6. The summed E-state index contributed by atoms with van der Waals surface area (Å²) in [6.45, 7) is 5.57. The van der Waals surface area contributed by atoms with Crippen molar-refractivity contribution in [3.63, 3.8) is 0 Å². The van der Waals surface area contributed by atoms with E-state index in [4.69, 9.17) is 14.2 Å². The van der Waals surface area contributed by atoms with Crippen molar-refractivity contribution < 1.29 is 27.4 Å². The van der Waals surface area contributed by atoms with E-state index >= 15 is 0 Å². The van der Waals surface area contributed by atoms with Crippen molar-refractivity contribution in [2.75, 3.05) is 24.3 Å². The summed E-state index contributed by atoms with van der Waals surface area (Å²) in [5, 5.41) is 2.74. The summed E-state index contributed by atoms with van der Waals surface area (Å²) in [6, 6.07) is 16.4. The van der Waals surface area contributed by atoms with Crippen molar-refractivity contribution in [1.29, 1.82) is 0 Å². The molecule has 0 aliphatic heterocycles. The van der Waals surface area contributed by atoms with Gasteiger partial charge in [0.2, 0.25) is 0 Å². The van der Waals surface area contributed by atoms with Gasteiger partial charge in [0.1, 0.15) is 17.2 Å². The van der Waals surface area contributed by atoms with Gasteiger partial charge < -0.3 is 19.5 Å². The first-order chi connectivity index (χ1) is 16.1. The molecule has 3 aromatic rings. The van der Waals surface area contributed by atoms with Gasteiger partial charge in [-0.1, -0.05) is 6.07 Å². The summed E-state index contributed by atoms with van der Waals surface area (Å²) in [7, 11) is -0.936. The van der Waals surface area contributed by atoms with Gasteiger partial charge in [0.05, 0.1) is 24.8 Å². The average Bonchev–Trinajstić information content (AvgIpc) is 2.78. The van der Waals surface area contributed by atoms with Crippen LogP contribution in [0.3, 0.4) is 0 Å². The van der Waals surface area contributed by atoms with Crippen LogP contribution in [-0.4, -0.2) is 34.6 Å². The summed E-state index contributed by atoms with van der Waals surface area (Å²) in [5.74, 6) is 1.12. The number of carbonyl (C=O) groups is 1. The second-order valence-corrected chi connectivity index (χ2v) is 9.45. The third-order valence-corrected chi connectivity index (χ3v) is 6.34. The molecule has 0 aromatic heterocycles. The van der Waals surface area contributed by atoms with Crippen LogP contribution in [0.15, 0.2) is 65.6 Å². The number of methoxy groups -OCH3 is 2. The zero-order valence-electron chi connectivity index (χ0n) is 19.7. The van der Waals surface area contributed by atoms with E-state index < -0.39 is 16.1 Å². The minimum Gasteiger partial charge on any atom is -0.497 e. The Labute approximate surface area is 199 Å². The number of benzene rings is 3. The number of sulfonamides is 1. The maximum Gasteiger partial charge on any atom is 0.265 e. The lowest BCUT2D eigenvalue weighted by atomic mass is 10.1. The predicted molar refractivity (Wildman–Crippen MR) is 131 cm³/mol. The summed E-state index contributed by atoms with van der Waals surface area (Å²) in [6.07, 6.45) is -0.742. The van der Waals surface area contributed by atoms with Gasteiger partial charge in [0, 0.05) is 11.8 Å². The average molecular weight is 485 g/mol. The standard InChI is InChI=1S/C25H28N2O6S/c1-16-12-17(2)14-21(13-16)33-18(3)25(28)26-19-6-9-22(10-7-19)34(29,30)27-23-11-8-20(31-4)15-24(23)32-5/h6-15,18,27H,1-5H3,(H,26,28)/t18-/m1/s1. The number of rotatable bonds is 9. The molecule has 180 valence electrons. The van der Waals surface area contributed by atoms with Crippen LogP contribution in [0, 0.1) is 13.8 Å². The summed E-state index contributed by atoms with van der Waals surface area (Å²) >= 11 is 0. The Morgan fingerprint density at radius 3 is 2.09 bits per heavy atom. The second kappa shape index (κ2) is 10.5. The molecule has 0 unspecified atom stereocenters. The molecule has 8 nitrogen and oxygen atoms in total. The highest BCUT2D eigenvalue weighted by molar-refractivity contribution is 7.92. The van der Waals surface area contributed by atoms with Gasteiger partial charge >= 0.3 is 0 Å². The molecule has 34 heavy (non-hydrogen) atoms. The first-order valence-electron chi connectivity index (χ1n) is 10.5. The zero-order valence-corrected chi connectivity index (χ0v) is 20.5. The smallest absolute Gasteiger partial charge is 0.265 e. The number of aryl methyl sites for hydroxylation is 2. The van der Waals surface area contributed by atoms with Crippen LogP contribution in [0.1, 0.15) is 18.1 Å². The molecular weight excluding hydrogens is 456 g/mol. The lowest BCUT2D eigenvalue weighted by molar-refractivity contribution is -0.122. The minimum absolute atomic E-state index is 0.0305. The van der Waals surface area contributed by atoms with Gasteiger partial charge in [-0.3, -0.25) is 9.52 Å². The maximum atomic E-state index is 12.8. The highest BCUT2D eigenvalue weighted by atomic mass is 32.2. The number of carbonyl (C=O) groups excluding carboxylic acids is 1. The van der Waals surface area contributed by atoms with E-state index in [1.54, 1.807) is 25.1 Å². The number of nitrogens with one attached hydrogen (secondary N) is 2. The van der Waals surface area contributed by atoms with Crippen molar-refractivity contribution in [1.82, 2.24) is 0 Å². The quantitative estimate of drug-likeness (QED) is 0.463. The molecule has 0 heterocycles. The van der Waals surface area contributed by atoms with Crippen molar-refractivity contribution in [3.05, 3.63) is 71.8 Å². The molecular formula is C25H28N2O6S. The molecule has 0 bridgehead atoms. The predicted octanol–water partition coefficient (Wildman–Crippen LogP) is 4.53. The topological polar surface area (TPSA) is 103 Å². The van der Waals surface area contributed by atoms with Gasteiger partial charge in [-0.15, -0.1) is 0 Å². The Morgan fingerprint density at radius 2 is 1.50 bits per heavy atom. The number of hydrogen-bond donors (Lipinski definition) is 2. The van der Waals surface area contributed by atoms with E-state index in [1.807, 2.05) is 32.0 Å². The van der Waals surface area contributed by atoms with Crippen LogP contribution in [-0.2, 0) is 14.8 Å². The van der Waals surface area contributed by atoms with Crippen molar-refractivity contribution in [3.8, 4) is 17.2 Å². The molecule has 0 aliphatic rings. The van der Waals surface area contributed by atoms with Crippen molar-refractivity contribution in [2.45, 2.75) is 31.8 Å². The third-order valence-electron chi connectivity index (χ3n) is 4.96. The molecule has 0 spiro atoms. The Morgan fingerprint density at radius 1 is 0.853 bits per heavy atom. The second-order valence-electron chi connectivity index (χ2n) is 7.77. The fourth-order valence-electron chi connectivity index (χ4n) is 3.31. The van der Waals surface area contributed by atoms with E-state index in [0.29, 0.717) is 22.9 Å². The van der Waals surface area contributed by atoms with Crippen LogP contribution in [0.5, 0.6) is 17.2 Å². The molecule has 0 aliphatic carbocycles. The maximum absolute atomic E-state index is 12.8. The van der Waals surface area contributed by atoms with Gasteiger partial charge in [0.15, 0.2) is 6.10 Å². The van der Waals surface area contributed by atoms with Crippen LogP contribution in [0.2, 0.25) is 0 Å². The van der Waals surface area contributed by atoms with Gasteiger partial charge in [-0.25, -0.2) is 8.42 Å². The Hall–Kier alpha value is -3.72. The largest absolute Gasteiger partial charge is 0.497 e. The number of ether oxygens (including phenoxy) is 3. The molecule has 9 heteroatoms. The lowest BCUT2D eigenvalue weighted by Crippen LogP contribution is -2.30. The molecule has 0 fully saturated rings. The van der Waals surface area contributed by atoms with E-state index in [2.05, 4.69) is 10.0 Å². The van der Waals surface area contributed by atoms with E-state index in [9.17, 15) is 13.2 Å². The van der Waals surface area contributed by atoms with Crippen LogP contribution >= 0.6 is 0 Å². The normalized spacial score (nSPS) is 11.9. The highest BCUT2D eigenvalue weighted by Gasteiger charge is 2.19. The van der Waals surface area contributed by atoms with Crippen LogP contribution in [0.4, 0.5) is 11.4 Å². The number of anilines is 2. The molecule has 0 saturated heterocycles. The van der Waals surface area contributed by atoms with E-state index in [1.165, 1.54) is 38.5 Å². The number of amides is 1. The van der Waals surface area contributed by atoms with Crippen molar-refractivity contribution in [2.24, 2.45) is 0 Å². The minimum atomic E-state index is -3.88. The fourth-order valence-corrected chi connectivity index (χ4v) is 4.38. The van der Waals surface area contributed by atoms with Crippen LogP contribution in [0.25, 0.3) is 0 Å². The molecule has 0 radical (unpaired) electrons. The molecule has 2 N–H and O–H groups in total. The Bertz CT molecular complexity index is 1250. The molecule has 3 rings (SSSR count). The monoisotopic (exact) mass is 484 g/mol. The summed E-state index contributed by atoms with van der Waals surface area (Å²) in [5.41, 5.74) is 2.81. The molecule has 0 saturated carbocycles. The summed E-state index contributed by atoms with van der Waals surface area (Å²) < 4.78 is 44.3. The van der Waals surface area contributed by atoms with Crippen LogP contribution < -0.4 is 24.2 Å². The SMILES string of the molecule is COc1ccc(NS(=O)(=O)c2ccc(NC(=O)[C@@H](C)Oc3cc(C)cc(C)c3)cc2)c(OC)c1. The van der Waals surface area contributed by atoms with Gasteiger partial charge in [-0.2, -0.15) is 0 Å². The zero-order chi connectivity index (χ0) is 24.9. The third kappa shape index (κ3) is 6.20. The number of hydrogen-bond acceptors (Lipinski definition) is 6. The highest BCUT2D eigenvalue weighted by Crippen LogP contribution is 2.31. The van der Waals surface area contributed by atoms with E-state index in [-0.39, 0.29) is 16.5 Å². The Kier molecular flexibility index (Phi) is 7.68. The lowest BCUT2D eigenvalue weighted by Gasteiger charge is -2.16.